The van der Waals surface area contributed by atoms with Gasteiger partial charge >= 0.3 is 0 Å². The summed E-state index contributed by atoms with van der Waals surface area (Å²) in [5, 5.41) is 17.3. The second-order valence-electron chi connectivity index (χ2n) is 5.00. The molecule has 0 radical (unpaired) electrons. The fraction of sp³-hybridized carbons (Fsp3) is 0.417. The molecule has 0 aromatic carbocycles. The minimum atomic E-state index is -0.299. The van der Waals surface area contributed by atoms with Gasteiger partial charge < -0.3 is 0 Å². The molecule has 2 saturated carbocycles. The summed E-state index contributed by atoms with van der Waals surface area (Å²) in [5.74, 6) is 0. The standard InChI is InChI=1S/C12H10N4/c13-7-12(6-11(12)1-2-11)10-3-9-8(4-14-10)5-15-16-9/h3-5H,1-2,6H2,(H,15,16). The highest BCUT2D eigenvalue weighted by molar-refractivity contribution is 5.77. The van der Waals surface area contributed by atoms with E-state index in [9.17, 15) is 5.26 Å². The van der Waals surface area contributed by atoms with Gasteiger partial charge in [-0.15, -0.1) is 0 Å². The van der Waals surface area contributed by atoms with E-state index in [1.54, 1.807) is 6.20 Å². The fourth-order valence-electron chi connectivity index (χ4n) is 2.87. The average molecular weight is 210 g/mol. The zero-order chi connectivity index (χ0) is 10.8. The van der Waals surface area contributed by atoms with Crippen LogP contribution in [0.4, 0.5) is 0 Å². The summed E-state index contributed by atoms with van der Waals surface area (Å²) in [6.45, 7) is 0. The lowest BCUT2D eigenvalue weighted by atomic mass is 9.99. The Morgan fingerprint density at radius 1 is 1.38 bits per heavy atom. The van der Waals surface area contributed by atoms with Crippen LogP contribution in [0.15, 0.2) is 18.5 Å². The Morgan fingerprint density at radius 2 is 2.25 bits per heavy atom. The molecule has 0 amide bonds. The van der Waals surface area contributed by atoms with E-state index in [-0.39, 0.29) is 10.8 Å². The SMILES string of the molecule is N#CC1(c2cc3[nH]ncc3cn2)CC12CC2. The number of hydrogen-bond acceptors (Lipinski definition) is 3. The number of H-pyrrole nitrogens is 1. The molecule has 1 spiro atoms. The molecule has 1 atom stereocenters. The second-order valence-corrected chi connectivity index (χ2v) is 5.00. The van der Waals surface area contributed by atoms with Crippen molar-refractivity contribution in [3.05, 3.63) is 24.2 Å². The minimum Gasteiger partial charge on any atom is -0.278 e. The average Bonchev–Trinajstić information content (AvgIpc) is 3.17. The molecule has 2 heterocycles. The predicted molar refractivity (Wildman–Crippen MR) is 57.5 cm³/mol. The lowest BCUT2D eigenvalue weighted by Gasteiger charge is -2.06. The summed E-state index contributed by atoms with van der Waals surface area (Å²) in [7, 11) is 0. The van der Waals surface area contributed by atoms with Crippen molar-refractivity contribution in [1.82, 2.24) is 15.2 Å². The van der Waals surface area contributed by atoms with E-state index in [0.717, 1.165) is 23.0 Å². The van der Waals surface area contributed by atoms with Crippen LogP contribution in [0.2, 0.25) is 0 Å². The van der Waals surface area contributed by atoms with Crippen molar-refractivity contribution >= 4 is 10.9 Å². The molecule has 2 aliphatic rings. The summed E-state index contributed by atoms with van der Waals surface area (Å²) < 4.78 is 0. The first kappa shape index (κ1) is 8.28. The Bertz CT molecular complexity index is 632. The van der Waals surface area contributed by atoms with Crippen LogP contribution in [0.3, 0.4) is 0 Å². The third-order valence-corrected chi connectivity index (χ3v) is 4.19. The zero-order valence-electron chi connectivity index (χ0n) is 8.70. The first-order chi connectivity index (χ1) is 7.80. The van der Waals surface area contributed by atoms with Crippen molar-refractivity contribution in [3.8, 4) is 6.07 Å². The summed E-state index contributed by atoms with van der Waals surface area (Å²) in [6, 6.07) is 4.47. The molecular weight excluding hydrogens is 200 g/mol. The normalized spacial score (nSPS) is 29.2. The van der Waals surface area contributed by atoms with Crippen LogP contribution < -0.4 is 0 Å². The van der Waals surface area contributed by atoms with E-state index < -0.39 is 0 Å². The van der Waals surface area contributed by atoms with Crippen LogP contribution in [0.1, 0.15) is 25.0 Å². The molecule has 78 valence electrons. The molecule has 2 aliphatic carbocycles. The lowest BCUT2D eigenvalue weighted by Crippen LogP contribution is -2.09. The first-order valence-electron chi connectivity index (χ1n) is 5.51. The Hall–Kier alpha value is -1.89. The number of nitrogens with one attached hydrogen (secondary N) is 1. The van der Waals surface area contributed by atoms with E-state index in [0.29, 0.717) is 0 Å². The number of aromatic nitrogens is 3. The van der Waals surface area contributed by atoms with Crippen molar-refractivity contribution in [2.45, 2.75) is 24.7 Å². The number of hydrogen-bond donors (Lipinski definition) is 1. The summed E-state index contributed by atoms with van der Waals surface area (Å²) >= 11 is 0. The number of nitriles is 1. The molecule has 0 bridgehead atoms. The molecule has 2 aromatic rings. The Kier molecular flexibility index (Phi) is 1.17. The molecule has 1 unspecified atom stereocenters. The van der Waals surface area contributed by atoms with Gasteiger partial charge in [0.15, 0.2) is 0 Å². The van der Waals surface area contributed by atoms with E-state index in [4.69, 9.17) is 0 Å². The molecule has 2 aromatic heterocycles. The first-order valence-corrected chi connectivity index (χ1v) is 5.51. The van der Waals surface area contributed by atoms with Crippen LogP contribution in [0.5, 0.6) is 0 Å². The second kappa shape index (κ2) is 2.27. The summed E-state index contributed by atoms with van der Waals surface area (Å²) in [4.78, 5) is 4.44. The van der Waals surface area contributed by atoms with Gasteiger partial charge in [0.2, 0.25) is 0 Å². The van der Waals surface area contributed by atoms with E-state index in [1.807, 2.05) is 12.3 Å². The third kappa shape index (κ3) is 0.768. The molecule has 0 saturated heterocycles. The highest BCUT2D eigenvalue weighted by atomic mass is 15.1. The molecule has 4 heteroatoms. The number of fused-ring (bicyclic) bond motifs is 1. The Labute approximate surface area is 92.3 Å². The fourth-order valence-corrected chi connectivity index (χ4v) is 2.87. The third-order valence-electron chi connectivity index (χ3n) is 4.19. The molecule has 1 N–H and O–H groups in total. The van der Waals surface area contributed by atoms with Gasteiger partial charge in [0.25, 0.3) is 0 Å². The van der Waals surface area contributed by atoms with Crippen LogP contribution in [0, 0.1) is 16.7 Å². The molecule has 2 fully saturated rings. The Morgan fingerprint density at radius 3 is 2.94 bits per heavy atom. The zero-order valence-corrected chi connectivity index (χ0v) is 8.70. The smallest absolute Gasteiger partial charge is 0.106 e. The van der Waals surface area contributed by atoms with Crippen LogP contribution in [-0.2, 0) is 5.41 Å². The monoisotopic (exact) mass is 210 g/mol. The largest absolute Gasteiger partial charge is 0.278 e. The topological polar surface area (TPSA) is 65.4 Å². The molecule has 4 nitrogen and oxygen atoms in total. The van der Waals surface area contributed by atoms with E-state index >= 15 is 0 Å². The highest BCUT2D eigenvalue weighted by Gasteiger charge is 2.76. The molecule has 4 rings (SSSR count). The van der Waals surface area contributed by atoms with Gasteiger partial charge in [-0.2, -0.15) is 10.4 Å². The Balaban J connectivity index is 1.91. The maximum Gasteiger partial charge on any atom is 0.106 e. The lowest BCUT2D eigenvalue weighted by molar-refractivity contribution is 0.716. The predicted octanol–water partition coefficient (Wildman–Crippen LogP) is 1.90. The maximum absolute atomic E-state index is 9.39. The van der Waals surface area contributed by atoms with Gasteiger partial charge in [0.1, 0.15) is 5.41 Å². The van der Waals surface area contributed by atoms with Gasteiger partial charge in [-0.25, -0.2) is 0 Å². The van der Waals surface area contributed by atoms with E-state index in [2.05, 4.69) is 21.3 Å². The number of aromatic amines is 1. The van der Waals surface area contributed by atoms with E-state index in [1.165, 1.54) is 12.8 Å². The van der Waals surface area contributed by atoms with Crippen molar-refractivity contribution in [1.29, 1.82) is 5.26 Å². The van der Waals surface area contributed by atoms with Gasteiger partial charge in [-0.05, 0) is 30.7 Å². The van der Waals surface area contributed by atoms with Crippen molar-refractivity contribution < 1.29 is 0 Å². The highest BCUT2D eigenvalue weighted by Crippen LogP contribution is 2.78. The minimum absolute atomic E-state index is 0.280. The number of nitrogens with zero attached hydrogens (tertiary/aromatic N) is 3. The van der Waals surface area contributed by atoms with Crippen LogP contribution in [0.25, 0.3) is 10.9 Å². The molecular formula is C12H10N4. The summed E-state index contributed by atoms with van der Waals surface area (Å²) in [6.07, 6.45) is 6.92. The number of rotatable bonds is 1. The summed E-state index contributed by atoms with van der Waals surface area (Å²) in [5.41, 5.74) is 1.88. The quantitative estimate of drug-likeness (QED) is 0.781. The van der Waals surface area contributed by atoms with Crippen LogP contribution >= 0.6 is 0 Å². The number of pyridine rings is 1. The van der Waals surface area contributed by atoms with Crippen molar-refractivity contribution in [2.75, 3.05) is 0 Å². The molecule has 16 heavy (non-hydrogen) atoms. The van der Waals surface area contributed by atoms with Crippen LogP contribution in [-0.4, -0.2) is 15.2 Å². The van der Waals surface area contributed by atoms with Gasteiger partial charge in [-0.1, -0.05) is 0 Å². The van der Waals surface area contributed by atoms with Gasteiger partial charge in [0.05, 0.1) is 23.5 Å². The van der Waals surface area contributed by atoms with Gasteiger partial charge in [-0.3, -0.25) is 10.1 Å². The van der Waals surface area contributed by atoms with Crippen molar-refractivity contribution in [2.24, 2.45) is 5.41 Å². The van der Waals surface area contributed by atoms with Gasteiger partial charge in [0, 0.05) is 11.6 Å². The molecule has 0 aliphatic heterocycles. The van der Waals surface area contributed by atoms with Crippen molar-refractivity contribution in [3.63, 3.8) is 0 Å². The maximum atomic E-state index is 9.39.